The highest BCUT2D eigenvalue weighted by molar-refractivity contribution is 5.75. The molecule has 0 N–H and O–H groups in total. The second-order valence-electron chi connectivity index (χ2n) is 2.62. The number of hydrogen-bond donors (Lipinski definition) is 0. The molecule has 1 aromatic rings. The predicted molar refractivity (Wildman–Crippen MR) is 50.8 cm³/mol. The van der Waals surface area contributed by atoms with Gasteiger partial charge in [-0.05, 0) is 19.1 Å². The minimum atomic E-state index is -0.276. The molecule has 0 aliphatic rings. The van der Waals surface area contributed by atoms with Crippen LogP contribution in [0.2, 0.25) is 0 Å². The number of carbonyl (C=O) groups excluding carboxylic acids is 1. The number of hydrogen-bond acceptors (Lipinski definition) is 2. The summed E-state index contributed by atoms with van der Waals surface area (Å²) in [5, 5.41) is 0. The molecule has 1 unspecified atom stereocenters. The second kappa shape index (κ2) is 4.32. The standard InChI is InChI=1S/C11H10O2/c1-3-9(2)13-11-6-4-5-10(7-11)8-12/h1,4-9H,2H3. The molecule has 0 bridgehead atoms. The Labute approximate surface area is 77.5 Å². The Morgan fingerprint density at radius 1 is 1.62 bits per heavy atom. The summed E-state index contributed by atoms with van der Waals surface area (Å²) in [6.45, 7) is 1.77. The van der Waals surface area contributed by atoms with Crippen LogP contribution in [-0.2, 0) is 0 Å². The summed E-state index contributed by atoms with van der Waals surface area (Å²) in [4.78, 5) is 10.4. The van der Waals surface area contributed by atoms with Crippen molar-refractivity contribution in [3.63, 3.8) is 0 Å². The van der Waals surface area contributed by atoms with Crippen LogP contribution in [0.1, 0.15) is 17.3 Å². The molecule has 0 heterocycles. The Morgan fingerprint density at radius 2 is 2.38 bits per heavy atom. The number of benzene rings is 1. The van der Waals surface area contributed by atoms with E-state index in [0.29, 0.717) is 11.3 Å². The number of terminal acetylenes is 1. The molecule has 0 radical (unpaired) electrons. The van der Waals surface area contributed by atoms with Gasteiger partial charge in [0.15, 0.2) is 6.10 Å². The van der Waals surface area contributed by atoms with E-state index in [4.69, 9.17) is 11.2 Å². The molecular formula is C11H10O2. The maximum Gasteiger partial charge on any atom is 0.156 e. The Kier molecular flexibility index (Phi) is 3.10. The van der Waals surface area contributed by atoms with Gasteiger partial charge in [0.25, 0.3) is 0 Å². The minimum Gasteiger partial charge on any atom is -0.478 e. The Morgan fingerprint density at radius 3 is 3.00 bits per heavy atom. The van der Waals surface area contributed by atoms with E-state index >= 15 is 0 Å². The number of rotatable bonds is 3. The molecule has 0 aromatic heterocycles. The van der Waals surface area contributed by atoms with Crippen molar-refractivity contribution in [2.24, 2.45) is 0 Å². The second-order valence-corrected chi connectivity index (χ2v) is 2.62. The fourth-order valence-electron chi connectivity index (χ4n) is 0.899. The van der Waals surface area contributed by atoms with Gasteiger partial charge in [0, 0.05) is 5.56 Å². The molecule has 0 aliphatic carbocycles. The van der Waals surface area contributed by atoms with E-state index in [1.54, 1.807) is 31.2 Å². The molecule has 0 aliphatic heterocycles. The van der Waals surface area contributed by atoms with Crippen LogP contribution >= 0.6 is 0 Å². The SMILES string of the molecule is C#CC(C)Oc1cccc(C=O)c1. The smallest absolute Gasteiger partial charge is 0.156 e. The molecule has 2 nitrogen and oxygen atoms in total. The Bertz CT molecular complexity index is 336. The van der Waals surface area contributed by atoms with Gasteiger partial charge in [-0.25, -0.2) is 0 Å². The van der Waals surface area contributed by atoms with E-state index in [0.717, 1.165) is 6.29 Å². The molecule has 66 valence electrons. The van der Waals surface area contributed by atoms with Crippen LogP contribution in [0.25, 0.3) is 0 Å². The van der Waals surface area contributed by atoms with Crippen molar-refractivity contribution in [3.05, 3.63) is 29.8 Å². The minimum absolute atomic E-state index is 0.276. The fraction of sp³-hybridized carbons (Fsp3) is 0.182. The predicted octanol–water partition coefficient (Wildman–Crippen LogP) is 1.90. The molecule has 0 saturated carbocycles. The maximum atomic E-state index is 10.4. The van der Waals surface area contributed by atoms with Crippen LogP contribution in [0.3, 0.4) is 0 Å². The van der Waals surface area contributed by atoms with Crippen molar-refractivity contribution in [1.82, 2.24) is 0 Å². The van der Waals surface area contributed by atoms with Crippen LogP contribution < -0.4 is 4.74 Å². The average Bonchev–Trinajstić information content (AvgIpc) is 2.18. The van der Waals surface area contributed by atoms with Gasteiger partial charge >= 0.3 is 0 Å². The zero-order chi connectivity index (χ0) is 9.68. The lowest BCUT2D eigenvalue weighted by atomic mass is 10.2. The van der Waals surface area contributed by atoms with Crippen LogP contribution in [0.5, 0.6) is 5.75 Å². The van der Waals surface area contributed by atoms with Gasteiger partial charge in [-0.15, -0.1) is 6.42 Å². The van der Waals surface area contributed by atoms with Crippen molar-refractivity contribution in [3.8, 4) is 18.1 Å². The lowest BCUT2D eigenvalue weighted by molar-refractivity contribution is 0.112. The van der Waals surface area contributed by atoms with Crippen LogP contribution in [0.4, 0.5) is 0 Å². The third-order valence-corrected chi connectivity index (χ3v) is 1.54. The number of aldehydes is 1. The summed E-state index contributed by atoms with van der Waals surface area (Å²) in [7, 11) is 0. The molecule has 0 fully saturated rings. The first-order valence-electron chi connectivity index (χ1n) is 3.94. The van der Waals surface area contributed by atoms with E-state index in [2.05, 4.69) is 5.92 Å². The molecule has 13 heavy (non-hydrogen) atoms. The summed E-state index contributed by atoms with van der Waals surface area (Å²) < 4.78 is 5.31. The van der Waals surface area contributed by atoms with Crippen molar-refractivity contribution in [1.29, 1.82) is 0 Å². The molecule has 2 heteroatoms. The summed E-state index contributed by atoms with van der Waals surface area (Å²) in [6, 6.07) is 6.88. The zero-order valence-electron chi connectivity index (χ0n) is 7.36. The molecule has 1 atom stereocenters. The topological polar surface area (TPSA) is 26.3 Å². The maximum absolute atomic E-state index is 10.4. The average molecular weight is 174 g/mol. The third-order valence-electron chi connectivity index (χ3n) is 1.54. The van der Waals surface area contributed by atoms with E-state index in [1.165, 1.54) is 0 Å². The molecule has 0 amide bonds. The lowest BCUT2D eigenvalue weighted by Crippen LogP contribution is -2.08. The highest BCUT2D eigenvalue weighted by atomic mass is 16.5. The summed E-state index contributed by atoms with van der Waals surface area (Å²) in [5.41, 5.74) is 0.585. The summed E-state index contributed by atoms with van der Waals surface area (Å²) >= 11 is 0. The van der Waals surface area contributed by atoms with Gasteiger partial charge in [0.05, 0.1) is 0 Å². The summed E-state index contributed by atoms with van der Waals surface area (Å²) in [5.74, 6) is 3.06. The molecule has 0 spiro atoms. The molecule has 1 rings (SSSR count). The van der Waals surface area contributed by atoms with E-state index in [-0.39, 0.29) is 6.10 Å². The third kappa shape index (κ3) is 2.64. The molecule has 1 aromatic carbocycles. The highest BCUT2D eigenvalue weighted by Crippen LogP contribution is 2.13. The van der Waals surface area contributed by atoms with Crippen LogP contribution in [0.15, 0.2) is 24.3 Å². The van der Waals surface area contributed by atoms with Gasteiger partial charge in [-0.1, -0.05) is 18.1 Å². The molecular weight excluding hydrogens is 164 g/mol. The van der Waals surface area contributed by atoms with Crippen molar-refractivity contribution in [2.45, 2.75) is 13.0 Å². The van der Waals surface area contributed by atoms with Gasteiger partial charge in [0.1, 0.15) is 12.0 Å². The quantitative estimate of drug-likeness (QED) is 0.516. The Hall–Kier alpha value is -1.75. The van der Waals surface area contributed by atoms with Crippen molar-refractivity contribution in [2.75, 3.05) is 0 Å². The van der Waals surface area contributed by atoms with E-state index < -0.39 is 0 Å². The lowest BCUT2D eigenvalue weighted by Gasteiger charge is -2.08. The normalized spacial score (nSPS) is 11.4. The van der Waals surface area contributed by atoms with Crippen molar-refractivity contribution >= 4 is 6.29 Å². The number of carbonyl (C=O) groups is 1. The van der Waals surface area contributed by atoms with Gasteiger partial charge < -0.3 is 4.74 Å². The van der Waals surface area contributed by atoms with Crippen LogP contribution in [-0.4, -0.2) is 12.4 Å². The number of ether oxygens (including phenoxy) is 1. The fourth-order valence-corrected chi connectivity index (χ4v) is 0.899. The molecule has 0 saturated heterocycles. The monoisotopic (exact) mass is 174 g/mol. The first-order chi connectivity index (χ1) is 6.26. The van der Waals surface area contributed by atoms with Crippen molar-refractivity contribution < 1.29 is 9.53 Å². The van der Waals surface area contributed by atoms with Gasteiger partial charge in [0.2, 0.25) is 0 Å². The van der Waals surface area contributed by atoms with E-state index in [1.807, 2.05) is 0 Å². The van der Waals surface area contributed by atoms with E-state index in [9.17, 15) is 4.79 Å². The first-order valence-corrected chi connectivity index (χ1v) is 3.94. The van der Waals surface area contributed by atoms with Gasteiger partial charge in [-0.3, -0.25) is 4.79 Å². The largest absolute Gasteiger partial charge is 0.478 e. The van der Waals surface area contributed by atoms with Gasteiger partial charge in [-0.2, -0.15) is 0 Å². The first kappa shape index (κ1) is 9.34. The zero-order valence-corrected chi connectivity index (χ0v) is 7.36. The summed E-state index contributed by atoms with van der Waals surface area (Å²) in [6.07, 6.45) is 5.64. The van der Waals surface area contributed by atoms with Crippen LogP contribution in [0, 0.1) is 12.3 Å². The Balaban J connectivity index is 2.78. The highest BCUT2D eigenvalue weighted by Gasteiger charge is 1.99.